The van der Waals surface area contributed by atoms with E-state index in [9.17, 15) is 9.90 Å². The van der Waals surface area contributed by atoms with Crippen molar-refractivity contribution in [1.29, 1.82) is 0 Å². The van der Waals surface area contributed by atoms with Crippen molar-refractivity contribution in [2.24, 2.45) is 24.8 Å². The van der Waals surface area contributed by atoms with Crippen molar-refractivity contribution in [2.75, 3.05) is 25.0 Å². The van der Waals surface area contributed by atoms with E-state index in [0.717, 1.165) is 51.6 Å². The standard InChI is InChI=1S/C20H31BFN5O2/c1-25(14-3-4-27(21)10-14)19-15(22)17(24-26(19)2)18(28)23-16-12-5-11-6-13(16)9-20(29,7-11)8-12/h11-14,16,29H,3-10,21H2,1-2H3,(H,23,28)/t11?,12?,13?,14-,16-,20-/m0/s1. The molecule has 0 radical (unpaired) electrons. The van der Waals surface area contributed by atoms with Crippen LogP contribution < -0.4 is 10.2 Å². The Kier molecular flexibility index (Phi) is 4.48. The van der Waals surface area contributed by atoms with E-state index in [0.29, 0.717) is 11.7 Å². The summed E-state index contributed by atoms with van der Waals surface area (Å²) in [5, 5.41) is 18.1. The molecule has 0 spiro atoms. The molecule has 1 aromatic heterocycles. The number of amides is 1. The number of hydrogen-bond donors (Lipinski definition) is 2. The zero-order chi connectivity index (χ0) is 20.5. The van der Waals surface area contributed by atoms with Crippen molar-refractivity contribution in [3.8, 4) is 0 Å². The van der Waals surface area contributed by atoms with E-state index in [-0.39, 0.29) is 29.6 Å². The van der Waals surface area contributed by atoms with E-state index >= 15 is 4.39 Å². The first-order valence-electron chi connectivity index (χ1n) is 10.9. The maximum absolute atomic E-state index is 15.3. The molecule has 4 aliphatic carbocycles. The monoisotopic (exact) mass is 403 g/mol. The summed E-state index contributed by atoms with van der Waals surface area (Å²) >= 11 is 0. The van der Waals surface area contributed by atoms with Gasteiger partial charge in [0, 0.05) is 32.7 Å². The predicted molar refractivity (Wildman–Crippen MR) is 110 cm³/mol. The first-order valence-corrected chi connectivity index (χ1v) is 10.9. The van der Waals surface area contributed by atoms with Crippen LogP contribution in [0.3, 0.4) is 0 Å². The van der Waals surface area contributed by atoms with Gasteiger partial charge >= 0.3 is 0 Å². The maximum Gasteiger partial charge on any atom is 0.275 e. The van der Waals surface area contributed by atoms with Crippen LogP contribution in [0.1, 0.15) is 49.0 Å². The van der Waals surface area contributed by atoms with Crippen molar-refractivity contribution in [1.82, 2.24) is 19.9 Å². The molecule has 1 aliphatic heterocycles. The Balaban J connectivity index is 1.33. The van der Waals surface area contributed by atoms with Gasteiger partial charge in [-0.05, 0) is 62.8 Å². The molecule has 158 valence electrons. The quantitative estimate of drug-likeness (QED) is 0.707. The van der Waals surface area contributed by atoms with Gasteiger partial charge in [0.05, 0.1) is 5.60 Å². The van der Waals surface area contributed by atoms with Crippen LogP contribution in [0.15, 0.2) is 0 Å². The van der Waals surface area contributed by atoms with Crippen molar-refractivity contribution >= 4 is 19.7 Å². The molecular formula is C20H31BFN5O2. The Morgan fingerprint density at radius 3 is 2.62 bits per heavy atom. The molecule has 7 nitrogen and oxygen atoms in total. The fourth-order valence-electron chi connectivity index (χ4n) is 6.86. The van der Waals surface area contributed by atoms with E-state index in [4.69, 9.17) is 0 Å². The smallest absolute Gasteiger partial charge is 0.275 e. The summed E-state index contributed by atoms with van der Waals surface area (Å²) < 4.78 is 16.8. The van der Waals surface area contributed by atoms with Gasteiger partial charge in [-0.3, -0.25) is 4.79 Å². The van der Waals surface area contributed by atoms with E-state index in [1.807, 2.05) is 11.9 Å². The van der Waals surface area contributed by atoms with Crippen LogP contribution in [0, 0.1) is 23.6 Å². The molecule has 3 atom stereocenters. The largest absolute Gasteiger partial charge is 0.390 e. The zero-order valence-corrected chi connectivity index (χ0v) is 17.6. The third-order valence-electron chi connectivity index (χ3n) is 7.96. The Labute approximate surface area is 172 Å². The van der Waals surface area contributed by atoms with Crippen molar-refractivity contribution < 1.29 is 14.3 Å². The van der Waals surface area contributed by atoms with Crippen LogP contribution in [0.4, 0.5) is 10.2 Å². The maximum atomic E-state index is 15.3. The summed E-state index contributed by atoms with van der Waals surface area (Å²) in [6.07, 6.45) is 5.48. The normalized spacial score (nSPS) is 38.6. The molecule has 2 N–H and O–H groups in total. The van der Waals surface area contributed by atoms with Gasteiger partial charge in [-0.15, -0.1) is 0 Å². The fraction of sp³-hybridized carbons (Fsp3) is 0.800. The van der Waals surface area contributed by atoms with Crippen LogP contribution in [0.25, 0.3) is 0 Å². The van der Waals surface area contributed by atoms with Gasteiger partial charge in [-0.1, -0.05) is 0 Å². The molecule has 5 fully saturated rings. The molecule has 1 aromatic rings. The van der Waals surface area contributed by atoms with Gasteiger partial charge in [-0.25, -0.2) is 9.07 Å². The second kappa shape index (κ2) is 6.70. The summed E-state index contributed by atoms with van der Waals surface area (Å²) in [6.45, 7) is 1.86. The lowest BCUT2D eigenvalue weighted by atomic mass is 9.52. The third-order valence-corrected chi connectivity index (χ3v) is 7.96. The highest BCUT2D eigenvalue weighted by atomic mass is 19.1. The molecule has 1 amide bonds. The molecule has 2 unspecified atom stereocenters. The molecule has 2 heterocycles. The lowest BCUT2D eigenvalue weighted by molar-refractivity contribution is -0.137. The second-order valence-electron chi connectivity index (χ2n) is 10.1. The molecule has 4 saturated carbocycles. The van der Waals surface area contributed by atoms with Gasteiger partial charge < -0.3 is 20.1 Å². The number of hydrogen-bond acceptors (Lipinski definition) is 5. The topological polar surface area (TPSA) is 73.6 Å². The highest BCUT2D eigenvalue weighted by Gasteiger charge is 2.55. The molecule has 9 heteroatoms. The van der Waals surface area contributed by atoms with Gasteiger partial charge in [0.25, 0.3) is 5.91 Å². The summed E-state index contributed by atoms with van der Waals surface area (Å²) in [5.74, 6) is 0.559. The fourth-order valence-corrected chi connectivity index (χ4v) is 6.86. The van der Waals surface area contributed by atoms with Gasteiger partial charge in [0.1, 0.15) is 0 Å². The van der Waals surface area contributed by atoms with Crippen molar-refractivity contribution in [2.45, 2.75) is 56.2 Å². The average molecular weight is 403 g/mol. The number of halogens is 1. The van der Waals surface area contributed by atoms with Gasteiger partial charge in [0.2, 0.25) is 0 Å². The molecule has 29 heavy (non-hydrogen) atoms. The van der Waals surface area contributed by atoms with Crippen LogP contribution >= 0.6 is 0 Å². The van der Waals surface area contributed by atoms with Crippen LogP contribution in [0.2, 0.25) is 0 Å². The molecule has 0 aromatic carbocycles. The number of carbonyl (C=O) groups is 1. The minimum atomic E-state index is -0.543. The zero-order valence-electron chi connectivity index (χ0n) is 17.6. The number of nitrogens with zero attached hydrogens (tertiary/aromatic N) is 4. The SMILES string of the molecule is BN1CC[C@H](N(C)c2c(F)c(C(=O)N[C@H]3C4CC5CC3C[C@](O)(C5)C4)nn2C)C1. The minimum absolute atomic E-state index is 0.0189. The van der Waals surface area contributed by atoms with E-state index in [1.165, 1.54) is 4.68 Å². The van der Waals surface area contributed by atoms with Gasteiger partial charge in [-0.2, -0.15) is 5.10 Å². The van der Waals surface area contributed by atoms with E-state index in [1.54, 1.807) is 7.05 Å². The molecule has 1 saturated heterocycles. The molecule has 5 aliphatic rings. The molecular weight excluding hydrogens is 372 g/mol. The van der Waals surface area contributed by atoms with Crippen molar-refractivity contribution in [3.63, 3.8) is 0 Å². The summed E-state index contributed by atoms with van der Waals surface area (Å²) in [6, 6.07) is 0.233. The number of aryl methyl sites for hydroxylation is 1. The van der Waals surface area contributed by atoms with Crippen molar-refractivity contribution in [3.05, 3.63) is 11.5 Å². The Bertz CT molecular complexity index is 816. The third kappa shape index (κ3) is 3.17. The van der Waals surface area contributed by atoms with Crippen LogP contribution in [0.5, 0.6) is 0 Å². The summed E-state index contributed by atoms with van der Waals surface area (Å²) in [4.78, 5) is 17.1. The van der Waals surface area contributed by atoms with E-state index < -0.39 is 17.3 Å². The number of aliphatic hydroxyl groups is 1. The number of rotatable bonds is 4. The molecule has 4 bridgehead atoms. The molecule has 6 rings (SSSR count). The van der Waals surface area contributed by atoms with Gasteiger partial charge in [0.15, 0.2) is 25.3 Å². The minimum Gasteiger partial charge on any atom is -0.390 e. The Morgan fingerprint density at radius 2 is 2.03 bits per heavy atom. The summed E-state index contributed by atoms with van der Waals surface area (Å²) in [5.41, 5.74) is -0.661. The van der Waals surface area contributed by atoms with E-state index in [2.05, 4.69) is 23.2 Å². The lowest BCUT2D eigenvalue weighted by Gasteiger charge is -2.58. The number of carbonyl (C=O) groups excluding carboxylic acids is 1. The first-order chi connectivity index (χ1) is 13.7. The van der Waals surface area contributed by atoms with Crippen LogP contribution in [-0.4, -0.2) is 71.4 Å². The Morgan fingerprint density at radius 1 is 1.34 bits per heavy atom. The second-order valence-corrected chi connectivity index (χ2v) is 10.1. The summed E-state index contributed by atoms with van der Waals surface area (Å²) in [7, 11) is 5.64. The predicted octanol–water partition coefficient (Wildman–Crippen LogP) is 0.287. The number of nitrogens with one attached hydrogen (secondary N) is 1. The number of anilines is 1. The van der Waals surface area contributed by atoms with Crippen LogP contribution in [-0.2, 0) is 7.05 Å². The Hall–Kier alpha value is -1.61. The first kappa shape index (κ1) is 19.4. The lowest BCUT2D eigenvalue weighted by Crippen LogP contribution is -2.61. The highest BCUT2D eigenvalue weighted by Crippen LogP contribution is 2.55. The average Bonchev–Trinajstić information content (AvgIpc) is 3.19. The number of aromatic nitrogens is 2. The highest BCUT2D eigenvalue weighted by molar-refractivity contribution is 6.04. The number of likely N-dealkylation sites (N-methyl/N-ethyl adjacent to an activating group) is 1.